The molecule has 3 nitrogen and oxygen atoms in total. The molecule has 1 aromatic carbocycles. The lowest BCUT2D eigenvalue weighted by molar-refractivity contribution is 0.970. The van der Waals surface area contributed by atoms with Crippen LogP contribution in [0.5, 0.6) is 0 Å². The summed E-state index contributed by atoms with van der Waals surface area (Å²) >= 11 is 1.47. The monoisotopic (exact) mass is 229 g/mol. The van der Waals surface area contributed by atoms with Crippen molar-refractivity contribution in [2.75, 3.05) is 5.73 Å². The van der Waals surface area contributed by atoms with Gasteiger partial charge in [0.25, 0.3) is 0 Å². The predicted molar refractivity (Wildman–Crippen MR) is 68.4 cm³/mol. The lowest BCUT2D eigenvalue weighted by atomic mass is 10.1. The summed E-state index contributed by atoms with van der Waals surface area (Å²) in [4.78, 5) is 4.33. The number of rotatable bonds is 1. The summed E-state index contributed by atoms with van der Waals surface area (Å²) in [7, 11) is 2.04. The summed E-state index contributed by atoms with van der Waals surface area (Å²) in [6.45, 7) is 0. The maximum Gasteiger partial charge on any atom is 0.114 e. The highest BCUT2D eigenvalue weighted by Crippen LogP contribution is 2.34. The maximum absolute atomic E-state index is 5.92. The molecule has 0 bridgehead atoms. The fourth-order valence-electron chi connectivity index (χ4n) is 1.99. The summed E-state index contributed by atoms with van der Waals surface area (Å²) in [6, 6.07) is 8.27. The summed E-state index contributed by atoms with van der Waals surface area (Å²) in [5, 5.41) is 1.97. The Morgan fingerprint density at radius 3 is 2.88 bits per heavy atom. The number of hydrogen-bond acceptors (Lipinski definition) is 3. The van der Waals surface area contributed by atoms with Crippen LogP contribution in [0.3, 0.4) is 0 Å². The Bertz CT molecular complexity index is 651. The van der Waals surface area contributed by atoms with Crippen molar-refractivity contribution in [3.63, 3.8) is 0 Å². The number of fused-ring (bicyclic) bond motifs is 1. The Balaban J connectivity index is 2.37. The minimum absolute atomic E-state index is 0.774. The average molecular weight is 229 g/mol. The first-order chi connectivity index (χ1) is 7.77. The lowest BCUT2D eigenvalue weighted by Gasteiger charge is -1.95. The number of hydrogen-bond donors (Lipinski definition) is 1. The van der Waals surface area contributed by atoms with Gasteiger partial charge in [-0.2, -0.15) is 0 Å². The number of thiazole rings is 1. The standard InChI is InChI=1S/C12H11N3S/c1-15-6-9(11-12(13)16-7-14-11)8-4-2-3-5-10(8)15/h2-7H,13H2,1H3. The molecule has 0 aliphatic heterocycles. The molecule has 4 heteroatoms. The van der Waals surface area contributed by atoms with Gasteiger partial charge in [-0.15, -0.1) is 11.3 Å². The molecule has 0 aliphatic rings. The number of aryl methyl sites for hydroxylation is 1. The molecule has 2 aromatic heterocycles. The van der Waals surface area contributed by atoms with E-state index in [1.54, 1.807) is 5.51 Å². The van der Waals surface area contributed by atoms with E-state index in [0.717, 1.165) is 16.3 Å². The van der Waals surface area contributed by atoms with Crippen LogP contribution < -0.4 is 5.73 Å². The number of para-hydroxylation sites is 1. The van der Waals surface area contributed by atoms with Crippen LogP contribution in [0.25, 0.3) is 22.2 Å². The number of nitrogen functional groups attached to an aromatic ring is 1. The quantitative estimate of drug-likeness (QED) is 0.697. The minimum atomic E-state index is 0.774. The van der Waals surface area contributed by atoms with E-state index < -0.39 is 0 Å². The van der Waals surface area contributed by atoms with Gasteiger partial charge < -0.3 is 10.3 Å². The number of aromatic nitrogens is 2. The first kappa shape index (κ1) is 9.42. The molecular formula is C12H11N3S. The van der Waals surface area contributed by atoms with Gasteiger partial charge in [-0.25, -0.2) is 4.98 Å². The van der Waals surface area contributed by atoms with Crippen LogP contribution in [-0.2, 0) is 7.05 Å². The summed E-state index contributed by atoms with van der Waals surface area (Å²) in [6.07, 6.45) is 2.08. The lowest BCUT2D eigenvalue weighted by Crippen LogP contribution is -1.84. The second-order valence-corrected chi connectivity index (χ2v) is 4.62. The average Bonchev–Trinajstić information content (AvgIpc) is 2.84. The summed E-state index contributed by atoms with van der Waals surface area (Å²) in [5.41, 5.74) is 10.9. The second kappa shape index (κ2) is 3.35. The van der Waals surface area contributed by atoms with Gasteiger partial charge in [0, 0.05) is 29.7 Å². The largest absolute Gasteiger partial charge is 0.389 e. The van der Waals surface area contributed by atoms with Crippen LogP contribution in [0, 0.1) is 0 Å². The molecular weight excluding hydrogens is 218 g/mol. The molecule has 2 N–H and O–H groups in total. The molecule has 0 saturated carbocycles. The Kier molecular flexibility index (Phi) is 1.97. The van der Waals surface area contributed by atoms with Crippen molar-refractivity contribution in [1.82, 2.24) is 9.55 Å². The van der Waals surface area contributed by atoms with Gasteiger partial charge in [0.1, 0.15) is 10.7 Å². The molecule has 0 unspecified atom stereocenters. The highest BCUT2D eigenvalue weighted by molar-refractivity contribution is 7.14. The smallest absolute Gasteiger partial charge is 0.114 e. The third-order valence-electron chi connectivity index (χ3n) is 2.75. The van der Waals surface area contributed by atoms with E-state index in [0.29, 0.717) is 0 Å². The van der Waals surface area contributed by atoms with Gasteiger partial charge in [0.15, 0.2) is 0 Å². The van der Waals surface area contributed by atoms with Crippen molar-refractivity contribution >= 4 is 27.2 Å². The maximum atomic E-state index is 5.92. The number of anilines is 1. The summed E-state index contributed by atoms with van der Waals surface area (Å²) in [5.74, 6) is 0. The van der Waals surface area contributed by atoms with E-state index in [1.807, 2.05) is 19.2 Å². The van der Waals surface area contributed by atoms with Crippen molar-refractivity contribution in [3.05, 3.63) is 36.0 Å². The highest BCUT2D eigenvalue weighted by Gasteiger charge is 2.12. The molecule has 0 amide bonds. The van der Waals surface area contributed by atoms with E-state index in [2.05, 4.69) is 27.9 Å². The Morgan fingerprint density at radius 2 is 2.12 bits per heavy atom. The number of nitrogens with zero attached hydrogens (tertiary/aromatic N) is 2. The molecule has 0 aliphatic carbocycles. The van der Waals surface area contributed by atoms with Gasteiger partial charge in [-0.3, -0.25) is 0 Å². The van der Waals surface area contributed by atoms with Gasteiger partial charge in [0.2, 0.25) is 0 Å². The van der Waals surface area contributed by atoms with Crippen LogP contribution in [0.15, 0.2) is 36.0 Å². The second-order valence-electron chi connectivity index (χ2n) is 3.74. The third-order valence-corrected chi connectivity index (χ3v) is 3.41. The predicted octanol–water partition coefficient (Wildman–Crippen LogP) is 2.88. The first-order valence-electron chi connectivity index (χ1n) is 5.01. The zero-order chi connectivity index (χ0) is 11.1. The van der Waals surface area contributed by atoms with Crippen molar-refractivity contribution < 1.29 is 0 Å². The van der Waals surface area contributed by atoms with Crippen molar-refractivity contribution in [2.24, 2.45) is 7.05 Å². The molecule has 0 saturated heterocycles. The molecule has 0 fully saturated rings. The molecule has 0 spiro atoms. The fourth-order valence-corrected chi connectivity index (χ4v) is 2.53. The van der Waals surface area contributed by atoms with E-state index in [9.17, 15) is 0 Å². The Labute approximate surface area is 97.2 Å². The van der Waals surface area contributed by atoms with Gasteiger partial charge >= 0.3 is 0 Å². The van der Waals surface area contributed by atoms with Crippen LogP contribution in [0.1, 0.15) is 0 Å². The normalized spacial score (nSPS) is 11.1. The van der Waals surface area contributed by atoms with Crippen LogP contribution in [0.4, 0.5) is 5.00 Å². The first-order valence-corrected chi connectivity index (χ1v) is 5.89. The van der Waals surface area contributed by atoms with Crippen LogP contribution in [-0.4, -0.2) is 9.55 Å². The zero-order valence-corrected chi connectivity index (χ0v) is 9.66. The highest BCUT2D eigenvalue weighted by atomic mass is 32.1. The molecule has 2 heterocycles. The van der Waals surface area contributed by atoms with E-state index in [-0.39, 0.29) is 0 Å². The number of nitrogens with two attached hydrogens (primary N) is 1. The fraction of sp³-hybridized carbons (Fsp3) is 0.0833. The molecule has 3 rings (SSSR count). The zero-order valence-electron chi connectivity index (χ0n) is 8.84. The van der Waals surface area contributed by atoms with Crippen molar-refractivity contribution in [1.29, 1.82) is 0 Å². The topological polar surface area (TPSA) is 43.8 Å². The van der Waals surface area contributed by atoms with Crippen LogP contribution in [0.2, 0.25) is 0 Å². The molecule has 3 aromatic rings. The molecule has 16 heavy (non-hydrogen) atoms. The van der Waals surface area contributed by atoms with Crippen LogP contribution >= 0.6 is 11.3 Å². The molecule has 80 valence electrons. The van der Waals surface area contributed by atoms with E-state index in [4.69, 9.17) is 5.73 Å². The van der Waals surface area contributed by atoms with E-state index >= 15 is 0 Å². The molecule has 0 atom stereocenters. The SMILES string of the molecule is Cn1cc(-c2ncsc2N)c2ccccc21. The van der Waals surface area contributed by atoms with E-state index in [1.165, 1.54) is 22.2 Å². The van der Waals surface area contributed by atoms with Gasteiger partial charge in [-0.1, -0.05) is 18.2 Å². The van der Waals surface area contributed by atoms with Crippen molar-refractivity contribution in [3.8, 4) is 11.3 Å². The third kappa shape index (κ3) is 1.23. The Hall–Kier alpha value is -1.81. The van der Waals surface area contributed by atoms with Crippen molar-refractivity contribution in [2.45, 2.75) is 0 Å². The minimum Gasteiger partial charge on any atom is -0.389 e. The van der Waals surface area contributed by atoms with Gasteiger partial charge in [-0.05, 0) is 6.07 Å². The van der Waals surface area contributed by atoms with Gasteiger partial charge in [0.05, 0.1) is 5.51 Å². The Morgan fingerprint density at radius 1 is 1.31 bits per heavy atom. The molecule has 0 radical (unpaired) electrons. The number of benzene rings is 1. The summed E-state index contributed by atoms with van der Waals surface area (Å²) < 4.78 is 2.10.